The Morgan fingerprint density at radius 3 is 2.68 bits per heavy atom. The molecule has 2 aromatic carbocycles. The van der Waals surface area contributed by atoms with E-state index in [0.717, 1.165) is 22.0 Å². The smallest absolute Gasteiger partial charge is 0.0865 e. The van der Waals surface area contributed by atoms with Crippen molar-refractivity contribution >= 4 is 27.6 Å². The summed E-state index contributed by atoms with van der Waals surface area (Å²) >= 11 is 3.47. The highest BCUT2D eigenvalue weighted by molar-refractivity contribution is 9.10. The number of allylic oxidation sites excluding steroid dienone is 2. The van der Waals surface area contributed by atoms with Crippen LogP contribution in [0, 0.1) is 11.8 Å². The Morgan fingerprint density at radius 2 is 1.91 bits per heavy atom. The van der Waals surface area contributed by atoms with Gasteiger partial charge in [-0.05, 0) is 53.5 Å². The summed E-state index contributed by atoms with van der Waals surface area (Å²) in [5.41, 5.74) is 5.61. The molecule has 0 bridgehead atoms. The van der Waals surface area contributed by atoms with Crippen molar-refractivity contribution in [3.05, 3.63) is 81.5 Å². The Hall–Kier alpha value is -2.24. The summed E-state index contributed by atoms with van der Waals surface area (Å²) in [5, 5.41) is 0. The molecule has 0 aromatic heterocycles. The molecule has 108 valence electrons. The molecule has 1 nitrogen and oxygen atoms in total. The largest absolute Gasteiger partial charge is 0.504 e. The fourth-order valence-electron chi connectivity index (χ4n) is 2.44. The number of fused-ring (bicyclic) bond motifs is 1. The van der Waals surface area contributed by atoms with E-state index < -0.39 is 0 Å². The number of halogens is 1. The van der Waals surface area contributed by atoms with E-state index in [1.165, 1.54) is 16.7 Å². The molecule has 0 spiro atoms. The molecule has 3 rings (SSSR count). The molecule has 0 saturated heterocycles. The Balaban J connectivity index is 1.96. The summed E-state index contributed by atoms with van der Waals surface area (Å²) in [4.78, 5) is 0. The lowest BCUT2D eigenvalue weighted by molar-refractivity contribution is 0.339. The minimum Gasteiger partial charge on any atom is -0.504 e. The maximum atomic E-state index is 5.18. The molecular weight excluding hydrogens is 336 g/mol. The summed E-state index contributed by atoms with van der Waals surface area (Å²) in [5.74, 6) is 6.44. The molecule has 2 aromatic rings. The first-order valence-corrected chi connectivity index (χ1v) is 7.86. The maximum absolute atomic E-state index is 5.18. The minimum atomic E-state index is 0.892. The van der Waals surface area contributed by atoms with E-state index in [1.807, 2.05) is 30.5 Å². The molecular formula is C20H15BrO. The third kappa shape index (κ3) is 3.32. The molecule has 0 unspecified atom stereocenters. The molecule has 0 amide bonds. The van der Waals surface area contributed by atoms with Gasteiger partial charge in [0, 0.05) is 15.6 Å². The van der Waals surface area contributed by atoms with Crippen molar-refractivity contribution in [2.75, 3.05) is 7.11 Å². The SMILES string of the molecule is COC=C1CC=Cc2ccc(C#Cc3cccc(Br)c3)cc21. The van der Waals surface area contributed by atoms with Crippen LogP contribution in [0.1, 0.15) is 28.7 Å². The van der Waals surface area contributed by atoms with Gasteiger partial charge in [0.2, 0.25) is 0 Å². The van der Waals surface area contributed by atoms with Gasteiger partial charge in [-0.2, -0.15) is 0 Å². The average Bonchev–Trinajstić information content (AvgIpc) is 2.54. The van der Waals surface area contributed by atoms with Gasteiger partial charge in [-0.3, -0.25) is 0 Å². The predicted molar refractivity (Wildman–Crippen MR) is 95.2 cm³/mol. The first kappa shape index (κ1) is 14.7. The van der Waals surface area contributed by atoms with Gasteiger partial charge in [0.05, 0.1) is 13.4 Å². The molecule has 1 aliphatic rings. The van der Waals surface area contributed by atoms with Gasteiger partial charge in [-0.15, -0.1) is 0 Å². The van der Waals surface area contributed by atoms with Gasteiger partial charge in [-0.1, -0.05) is 52.1 Å². The maximum Gasteiger partial charge on any atom is 0.0865 e. The van der Waals surface area contributed by atoms with Crippen LogP contribution in [0.25, 0.3) is 11.6 Å². The minimum absolute atomic E-state index is 0.892. The fourth-order valence-corrected chi connectivity index (χ4v) is 2.84. The van der Waals surface area contributed by atoms with Gasteiger partial charge in [0.25, 0.3) is 0 Å². The zero-order valence-electron chi connectivity index (χ0n) is 12.3. The Labute approximate surface area is 139 Å². The number of ether oxygens (including phenoxy) is 1. The van der Waals surface area contributed by atoms with Gasteiger partial charge in [0.15, 0.2) is 0 Å². The number of rotatable bonds is 1. The molecule has 2 heteroatoms. The molecule has 0 saturated carbocycles. The molecule has 0 N–H and O–H groups in total. The number of hydrogen-bond donors (Lipinski definition) is 0. The van der Waals surface area contributed by atoms with Crippen molar-refractivity contribution in [2.24, 2.45) is 0 Å². The number of benzene rings is 2. The predicted octanol–water partition coefficient (Wildman–Crippen LogP) is 5.25. The second kappa shape index (κ2) is 6.68. The number of methoxy groups -OCH3 is 1. The topological polar surface area (TPSA) is 9.23 Å². The highest BCUT2D eigenvalue weighted by atomic mass is 79.9. The van der Waals surface area contributed by atoms with Crippen LogP contribution in [0.5, 0.6) is 0 Å². The lowest BCUT2D eigenvalue weighted by Gasteiger charge is -2.14. The van der Waals surface area contributed by atoms with Crippen molar-refractivity contribution in [1.82, 2.24) is 0 Å². The Bertz CT molecular complexity index is 819. The quantitative estimate of drug-likeness (QED) is 0.503. The van der Waals surface area contributed by atoms with Crippen LogP contribution in [-0.2, 0) is 4.74 Å². The molecule has 1 aliphatic carbocycles. The summed E-state index contributed by atoms with van der Waals surface area (Å²) < 4.78 is 6.23. The first-order valence-electron chi connectivity index (χ1n) is 7.06. The Kier molecular flexibility index (Phi) is 4.46. The van der Waals surface area contributed by atoms with Crippen LogP contribution in [0.2, 0.25) is 0 Å². The molecule has 0 heterocycles. The highest BCUT2D eigenvalue weighted by Gasteiger charge is 2.10. The van der Waals surface area contributed by atoms with Crippen molar-refractivity contribution < 1.29 is 4.74 Å². The second-order valence-corrected chi connectivity index (χ2v) is 5.96. The molecule has 0 fully saturated rings. The summed E-state index contributed by atoms with van der Waals surface area (Å²) in [7, 11) is 1.68. The van der Waals surface area contributed by atoms with Crippen LogP contribution in [0.4, 0.5) is 0 Å². The van der Waals surface area contributed by atoms with Crippen LogP contribution in [0.15, 0.2) is 59.3 Å². The van der Waals surface area contributed by atoms with Gasteiger partial charge in [0.1, 0.15) is 0 Å². The third-order valence-corrected chi connectivity index (χ3v) is 3.96. The zero-order chi connectivity index (χ0) is 15.4. The monoisotopic (exact) mass is 350 g/mol. The zero-order valence-corrected chi connectivity index (χ0v) is 13.9. The Morgan fingerprint density at radius 1 is 1.09 bits per heavy atom. The summed E-state index contributed by atoms with van der Waals surface area (Å²) in [6.45, 7) is 0. The lowest BCUT2D eigenvalue weighted by atomic mass is 9.91. The van der Waals surface area contributed by atoms with Gasteiger partial charge in [-0.25, -0.2) is 0 Å². The van der Waals surface area contributed by atoms with Crippen molar-refractivity contribution in [3.8, 4) is 11.8 Å². The van der Waals surface area contributed by atoms with E-state index >= 15 is 0 Å². The number of hydrogen-bond acceptors (Lipinski definition) is 1. The molecule has 0 aliphatic heterocycles. The highest BCUT2D eigenvalue weighted by Crippen LogP contribution is 2.29. The van der Waals surface area contributed by atoms with Crippen LogP contribution >= 0.6 is 15.9 Å². The standard InChI is InChI=1S/C20H15BrO/c1-22-14-18-6-3-5-17-11-10-16(13-20(17)18)9-8-15-4-2-7-19(21)12-15/h2-5,7,10-14H,6H2,1H3. The van der Waals surface area contributed by atoms with E-state index in [1.54, 1.807) is 7.11 Å². The second-order valence-electron chi connectivity index (χ2n) is 5.05. The van der Waals surface area contributed by atoms with Crippen LogP contribution in [-0.4, -0.2) is 7.11 Å². The normalized spacial score (nSPS) is 14.2. The van der Waals surface area contributed by atoms with E-state index in [9.17, 15) is 0 Å². The van der Waals surface area contributed by atoms with Gasteiger partial charge >= 0.3 is 0 Å². The van der Waals surface area contributed by atoms with Crippen molar-refractivity contribution in [3.63, 3.8) is 0 Å². The fraction of sp³-hybridized carbons (Fsp3) is 0.100. The van der Waals surface area contributed by atoms with E-state index in [2.05, 4.69) is 58.1 Å². The lowest BCUT2D eigenvalue weighted by Crippen LogP contribution is -1.95. The molecule has 0 atom stereocenters. The molecule has 22 heavy (non-hydrogen) atoms. The van der Waals surface area contributed by atoms with Gasteiger partial charge < -0.3 is 4.74 Å². The summed E-state index contributed by atoms with van der Waals surface area (Å²) in [6, 6.07) is 14.3. The van der Waals surface area contributed by atoms with E-state index in [-0.39, 0.29) is 0 Å². The molecule has 0 radical (unpaired) electrons. The van der Waals surface area contributed by atoms with Crippen molar-refractivity contribution in [1.29, 1.82) is 0 Å². The third-order valence-electron chi connectivity index (χ3n) is 3.47. The van der Waals surface area contributed by atoms with Crippen LogP contribution < -0.4 is 0 Å². The van der Waals surface area contributed by atoms with E-state index in [0.29, 0.717) is 0 Å². The summed E-state index contributed by atoms with van der Waals surface area (Å²) in [6.07, 6.45) is 7.01. The van der Waals surface area contributed by atoms with Crippen LogP contribution in [0.3, 0.4) is 0 Å². The van der Waals surface area contributed by atoms with E-state index in [4.69, 9.17) is 4.74 Å². The first-order chi connectivity index (χ1) is 10.8. The van der Waals surface area contributed by atoms with Crippen molar-refractivity contribution in [2.45, 2.75) is 6.42 Å². The average molecular weight is 351 g/mol.